The molecule has 9 heteroatoms. The smallest absolute Gasteiger partial charge is 0.234 e. The summed E-state index contributed by atoms with van der Waals surface area (Å²) >= 11 is 7.05. The normalized spacial score (nSPS) is 10.9. The highest BCUT2D eigenvalue weighted by molar-refractivity contribution is 7.99. The monoisotopic (exact) mass is 423 g/mol. The van der Waals surface area contributed by atoms with Crippen LogP contribution in [-0.4, -0.2) is 26.3 Å². The zero-order valence-electron chi connectivity index (χ0n) is 14.5. The average molecular weight is 424 g/mol. The van der Waals surface area contributed by atoms with Gasteiger partial charge in [-0.3, -0.25) is 4.79 Å². The third-order valence-electron chi connectivity index (χ3n) is 3.86. The Morgan fingerprint density at radius 3 is 2.64 bits per heavy atom. The zero-order chi connectivity index (χ0) is 20.1. The van der Waals surface area contributed by atoms with E-state index in [-0.39, 0.29) is 18.0 Å². The lowest BCUT2D eigenvalue weighted by atomic mass is 10.2. The fourth-order valence-corrected chi connectivity index (χ4v) is 3.41. The Hall–Kier alpha value is -2.42. The molecule has 2 aromatic carbocycles. The molecule has 1 aromatic heterocycles. The Morgan fingerprint density at radius 2 is 1.96 bits per heavy atom. The van der Waals surface area contributed by atoms with Crippen molar-refractivity contribution in [2.24, 2.45) is 0 Å². The maximum absolute atomic E-state index is 13.6. The van der Waals surface area contributed by atoms with Crippen LogP contribution in [0, 0.1) is 11.6 Å². The molecule has 0 fully saturated rings. The SMILES string of the molecule is O=C(CSc1ncc(CO)n1Cc1ccc(Cl)cc1)Nc1ccc(F)cc1F. The van der Waals surface area contributed by atoms with Crippen LogP contribution < -0.4 is 5.32 Å². The lowest BCUT2D eigenvalue weighted by Gasteiger charge is -2.11. The van der Waals surface area contributed by atoms with Crippen LogP contribution in [0.1, 0.15) is 11.3 Å². The van der Waals surface area contributed by atoms with Crippen LogP contribution in [0.2, 0.25) is 5.02 Å². The molecule has 5 nitrogen and oxygen atoms in total. The molecule has 0 radical (unpaired) electrons. The van der Waals surface area contributed by atoms with E-state index in [0.717, 1.165) is 23.4 Å². The number of hydrogen-bond donors (Lipinski definition) is 2. The molecule has 146 valence electrons. The summed E-state index contributed by atoms with van der Waals surface area (Å²) in [5, 5.41) is 13.1. The maximum Gasteiger partial charge on any atom is 0.234 e. The molecule has 3 aromatic rings. The fraction of sp³-hybridized carbons (Fsp3) is 0.158. The molecule has 2 N–H and O–H groups in total. The van der Waals surface area contributed by atoms with E-state index in [2.05, 4.69) is 10.3 Å². The van der Waals surface area contributed by atoms with Gasteiger partial charge in [0.05, 0.1) is 29.9 Å². The summed E-state index contributed by atoms with van der Waals surface area (Å²) in [5.41, 5.74) is 1.46. The number of rotatable bonds is 7. The van der Waals surface area contributed by atoms with Crippen molar-refractivity contribution in [1.82, 2.24) is 9.55 Å². The van der Waals surface area contributed by atoms with Crippen molar-refractivity contribution in [3.05, 3.63) is 76.6 Å². The van der Waals surface area contributed by atoms with Crippen molar-refractivity contribution >= 4 is 35.0 Å². The van der Waals surface area contributed by atoms with Gasteiger partial charge in [0, 0.05) is 17.6 Å². The number of benzene rings is 2. The first kappa shape index (κ1) is 20.3. The van der Waals surface area contributed by atoms with Crippen LogP contribution in [0.3, 0.4) is 0 Å². The molecule has 0 atom stereocenters. The van der Waals surface area contributed by atoms with Crippen LogP contribution in [0.4, 0.5) is 14.5 Å². The molecule has 28 heavy (non-hydrogen) atoms. The minimum atomic E-state index is -0.842. The maximum atomic E-state index is 13.6. The predicted octanol–water partition coefficient (Wildman–Crippen LogP) is 4.09. The number of carbonyl (C=O) groups is 1. The minimum absolute atomic E-state index is 0.0285. The van der Waals surface area contributed by atoms with Gasteiger partial charge in [-0.05, 0) is 29.8 Å². The fourth-order valence-electron chi connectivity index (χ4n) is 2.48. The van der Waals surface area contributed by atoms with Crippen LogP contribution >= 0.6 is 23.4 Å². The van der Waals surface area contributed by atoms with Gasteiger partial charge in [0.25, 0.3) is 0 Å². The second kappa shape index (κ2) is 9.18. The lowest BCUT2D eigenvalue weighted by Crippen LogP contribution is -2.16. The second-order valence-electron chi connectivity index (χ2n) is 5.86. The summed E-state index contributed by atoms with van der Waals surface area (Å²) in [4.78, 5) is 16.4. The van der Waals surface area contributed by atoms with Gasteiger partial charge in [-0.1, -0.05) is 35.5 Å². The summed E-state index contributed by atoms with van der Waals surface area (Å²) in [6, 6.07) is 10.2. The number of imidazole rings is 1. The van der Waals surface area contributed by atoms with Gasteiger partial charge in [-0.15, -0.1) is 0 Å². The van der Waals surface area contributed by atoms with E-state index in [1.807, 2.05) is 12.1 Å². The topological polar surface area (TPSA) is 67.1 Å². The number of nitrogens with one attached hydrogen (secondary N) is 1. The molecule has 0 unspecified atom stereocenters. The van der Waals surface area contributed by atoms with Crippen molar-refractivity contribution in [2.75, 3.05) is 11.1 Å². The Morgan fingerprint density at radius 1 is 1.21 bits per heavy atom. The molecule has 0 saturated carbocycles. The lowest BCUT2D eigenvalue weighted by molar-refractivity contribution is -0.113. The van der Waals surface area contributed by atoms with Gasteiger partial charge in [0.2, 0.25) is 5.91 Å². The number of aliphatic hydroxyl groups excluding tert-OH is 1. The average Bonchev–Trinajstić information content (AvgIpc) is 3.06. The number of nitrogens with zero attached hydrogens (tertiary/aromatic N) is 2. The van der Waals surface area contributed by atoms with E-state index in [0.29, 0.717) is 28.5 Å². The Labute approximate surface area is 169 Å². The van der Waals surface area contributed by atoms with E-state index < -0.39 is 17.5 Å². The van der Waals surface area contributed by atoms with Crippen LogP contribution in [0.15, 0.2) is 53.8 Å². The Kier molecular flexibility index (Phi) is 6.66. The quantitative estimate of drug-likeness (QED) is 0.562. The number of amides is 1. The number of aliphatic hydroxyl groups is 1. The third kappa shape index (κ3) is 5.09. The summed E-state index contributed by atoms with van der Waals surface area (Å²) in [6.07, 6.45) is 1.54. The van der Waals surface area contributed by atoms with Gasteiger partial charge < -0.3 is 15.0 Å². The molecule has 0 aliphatic heterocycles. The molecule has 0 spiro atoms. The van der Waals surface area contributed by atoms with Gasteiger partial charge in [0.1, 0.15) is 11.6 Å². The molecular formula is C19H16ClF2N3O2S. The van der Waals surface area contributed by atoms with Gasteiger partial charge in [0.15, 0.2) is 5.16 Å². The molecule has 0 saturated heterocycles. The first-order chi connectivity index (χ1) is 13.5. The molecule has 1 amide bonds. The summed E-state index contributed by atoms with van der Waals surface area (Å²) in [6.45, 7) is 0.248. The Bertz CT molecular complexity index is 980. The number of halogens is 3. The molecule has 0 aliphatic rings. The van der Waals surface area contributed by atoms with Gasteiger partial charge in [-0.2, -0.15) is 0 Å². The largest absolute Gasteiger partial charge is 0.390 e. The number of carbonyl (C=O) groups excluding carboxylic acids is 1. The highest BCUT2D eigenvalue weighted by Gasteiger charge is 2.14. The van der Waals surface area contributed by atoms with Gasteiger partial charge >= 0.3 is 0 Å². The van der Waals surface area contributed by atoms with Crippen molar-refractivity contribution in [3.63, 3.8) is 0 Å². The zero-order valence-corrected chi connectivity index (χ0v) is 16.1. The van der Waals surface area contributed by atoms with E-state index >= 15 is 0 Å². The van der Waals surface area contributed by atoms with Crippen LogP contribution in [0.5, 0.6) is 0 Å². The Balaban J connectivity index is 1.67. The van der Waals surface area contributed by atoms with E-state index in [1.165, 1.54) is 12.3 Å². The number of anilines is 1. The van der Waals surface area contributed by atoms with Crippen LogP contribution in [-0.2, 0) is 17.9 Å². The molecule has 0 aliphatic carbocycles. The predicted molar refractivity (Wildman–Crippen MR) is 104 cm³/mol. The second-order valence-corrected chi connectivity index (χ2v) is 7.24. The van der Waals surface area contributed by atoms with E-state index in [4.69, 9.17) is 11.6 Å². The van der Waals surface area contributed by atoms with Crippen LogP contribution in [0.25, 0.3) is 0 Å². The van der Waals surface area contributed by atoms with E-state index in [1.54, 1.807) is 16.7 Å². The highest BCUT2D eigenvalue weighted by Crippen LogP contribution is 2.22. The molecule has 1 heterocycles. The number of hydrogen-bond acceptors (Lipinski definition) is 4. The molecule has 0 bridgehead atoms. The van der Waals surface area contributed by atoms with Crippen molar-refractivity contribution < 1.29 is 18.7 Å². The van der Waals surface area contributed by atoms with Gasteiger partial charge in [-0.25, -0.2) is 13.8 Å². The van der Waals surface area contributed by atoms with E-state index in [9.17, 15) is 18.7 Å². The highest BCUT2D eigenvalue weighted by atomic mass is 35.5. The summed E-state index contributed by atoms with van der Waals surface area (Å²) in [7, 11) is 0. The molecular weight excluding hydrogens is 408 g/mol. The molecule has 3 rings (SSSR count). The third-order valence-corrected chi connectivity index (χ3v) is 5.10. The first-order valence-electron chi connectivity index (χ1n) is 8.23. The van der Waals surface area contributed by atoms with Crippen molar-refractivity contribution in [2.45, 2.75) is 18.3 Å². The first-order valence-corrected chi connectivity index (χ1v) is 9.60. The number of thioether (sulfide) groups is 1. The van der Waals surface area contributed by atoms with Crippen molar-refractivity contribution in [1.29, 1.82) is 0 Å². The minimum Gasteiger partial charge on any atom is -0.390 e. The number of aromatic nitrogens is 2. The standard InChI is InChI=1S/C19H16ClF2N3O2S/c20-13-3-1-12(2-4-13)9-25-15(10-26)8-23-19(25)28-11-18(27)24-17-6-5-14(21)7-16(17)22/h1-8,26H,9-11H2,(H,24,27). The summed E-state index contributed by atoms with van der Waals surface area (Å²) < 4.78 is 28.4. The summed E-state index contributed by atoms with van der Waals surface area (Å²) in [5.74, 6) is -2.04. The van der Waals surface area contributed by atoms with Crippen molar-refractivity contribution in [3.8, 4) is 0 Å².